The zero-order valence-electron chi connectivity index (χ0n) is 12.1. The number of nitrogens with zero attached hydrogens (tertiary/aromatic N) is 2. The van der Waals surface area contributed by atoms with Crippen LogP contribution in [0, 0.1) is 5.92 Å². The average molecular weight is 318 g/mol. The fourth-order valence-corrected chi connectivity index (χ4v) is 5.70. The van der Waals surface area contributed by atoms with Crippen molar-refractivity contribution in [3.8, 4) is 0 Å². The van der Waals surface area contributed by atoms with Crippen molar-refractivity contribution in [2.75, 3.05) is 33.8 Å². The van der Waals surface area contributed by atoms with Crippen LogP contribution in [0.25, 0.3) is 0 Å². The number of hydrogen-bond donors (Lipinski definition) is 1. The summed E-state index contributed by atoms with van der Waals surface area (Å²) in [6.07, 6.45) is 0.511. The number of thiophene rings is 1. The quantitative estimate of drug-likeness (QED) is 0.874. The van der Waals surface area contributed by atoms with Crippen LogP contribution in [0.4, 0.5) is 0 Å². The third-order valence-electron chi connectivity index (χ3n) is 3.79. The number of hydrogen-bond acceptors (Lipinski definition) is 5. The molecule has 5 nitrogen and oxygen atoms in total. The fourth-order valence-electron chi connectivity index (χ4n) is 2.64. The predicted molar refractivity (Wildman–Crippen MR) is 80.5 cm³/mol. The minimum atomic E-state index is -3.39. The lowest BCUT2D eigenvalue weighted by molar-refractivity contribution is 0.263. The van der Waals surface area contributed by atoms with E-state index in [1.165, 1.54) is 11.3 Å². The largest absolute Gasteiger partial charge is 0.396 e. The minimum Gasteiger partial charge on any atom is -0.396 e. The van der Waals surface area contributed by atoms with Gasteiger partial charge in [-0.2, -0.15) is 4.31 Å². The van der Waals surface area contributed by atoms with Gasteiger partial charge in [-0.1, -0.05) is 6.92 Å². The molecule has 1 saturated heterocycles. The SMILES string of the molecule is CC1CN(S(=O)(=O)c2ccc(CCO)s2)CC1N(C)C. The van der Waals surface area contributed by atoms with Gasteiger partial charge in [0.05, 0.1) is 0 Å². The summed E-state index contributed by atoms with van der Waals surface area (Å²) in [5.41, 5.74) is 0. The zero-order valence-corrected chi connectivity index (χ0v) is 13.7. The Labute approximate surface area is 124 Å². The van der Waals surface area contributed by atoms with Crippen molar-refractivity contribution in [1.82, 2.24) is 9.21 Å². The lowest BCUT2D eigenvalue weighted by Gasteiger charge is -2.22. The molecule has 1 aromatic rings. The van der Waals surface area contributed by atoms with E-state index < -0.39 is 10.0 Å². The highest BCUT2D eigenvalue weighted by atomic mass is 32.2. The van der Waals surface area contributed by atoms with Gasteiger partial charge in [-0.25, -0.2) is 8.42 Å². The zero-order chi connectivity index (χ0) is 14.9. The van der Waals surface area contributed by atoms with Crippen LogP contribution < -0.4 is 0 Å². The maximum atomic E-state index is 12.6. The fraction of sp³-hybridized carbons (Fsp3) is 0.692. The Hall–Kier alpha value is -0.470. The molecule has 7 heteroatoms. The van der Waals surface area contributed by atoms with Gasteiger partial charge in [0.25, 0.3) is 10.0 Å². The minimum absolute atomic E-state index is 0.0451. The van der Waals surface area contributed by atoms with E-state index in [-0.39, 0.29) is 12.6 Å². The smallest absolute Gasteiger partial charge is 0.252 e. The molecule has 2 heterocycles. The molecule has 1 aliphatic rings. The van der Waals surface area contributed by atoms with Gasteiger partial charge in [-0.3, -0.25) is 0 Å². The highest BCUT2D eigenvalue weighted by Crippen LogP contribution is 2.30. The Morgan fingerprint density at radius 3 is 2.65 bits per heavy atom. The summed E-state index contributed by atoms with van der Waals surface area (Å²) >= 11 is 1.26. The van der Waals surface area contributed by atoms with Crippen molar-refractivity contribution in [3.05, 3.63) is 17.0 Å². The van der Waals surface area contributed by atoms with Crippen molar-refractivity contribution in [2.24, 2.45) is 5.92 Å². The number of aliphatic hydroxyl groups is 1. The molecule has 1 aromatic heterocycles. The molecule has 1 fully saturated rings. The predicted octanol–water partition coefficient (Wildman–Crippen LogP) is 0.854. The molecule has 0 bridgehead atoms. The first-order valence-electron chi connectivity index (χ1n) is 6.72. The Morgan fingerprint density at radius 1 is 1.40 bits per heavy atom. The molecule has 1 aliphatic heterocycles. The molecule has 0 saturated carbocycles. The topological polar surface area (TPSA) is 60.9 Å². The van der Waals surface area contributed by atoms with Crippen LogP contribution in [0.1, 0.15) is 11.8 Å². The van der Waals surface area contributed by atoms with Gasteiger partial charge in [0, 0.05) is 37.0 Å². The first-order chi connectivity index (χ1) is 9.36. The summed E-state index contributed by atoms with van der Waals surface area (Å²) in [5.74, 6) is 0.330. The molecule has 0 radical (unpaired) electrons. The summed E-state index contributed by atoms with van der Waals surface area (Å²) in [4.78, 5) is 2.99. The molecule has 1 N–H and O–H groups in total. The maximum absolute atomic E-state index is 12.6. The highest BCUT2D eigenvalue weighted by molar-refractivity contribution is 7.91. The first-order valence-corrected chi connectivity index (χ1v) is 8.98. The van der Waals surface area contributed by atoms with Gasteiger partial charge in [0.1, 0.15) is 4.21 Å². The highest BCUT2D eigenvalue weighted by Gasteiger charge is 2.38. The van der Waals surface area contributed by atoms with E-state index in [1.54, 1.807) is 16.4 Å². The van der Waals surface area contributed by atoms with Crippen molar-refractivity contribution in [2.45, 2.75) is 23.6 Å². The monoisotopic (exact) mass is 318 g/mol. The molecule has 2 atom stereocenters. The molecule has 2 rings (SSSR count). The molecule has 114 valence electrons. The number of aliphatic hydroxyl groups excluding tert-OH is 1. The van der Waals surface area contributed by atoms with E-state index in [9.17, 15) is 8.42 Å². The van der Waals surface area contributed by atoms with Gasteiger partial charge < -0.3 is 10.0 Å². The number of sulfonamides is 1. The van der Waals surface area contributed by atoms with Gasteiger partial charge >= 0.3 is 0 Å². The lowest BCUT2D eigenvalue weighted by atomic mass is 10.1. The second-order valence-electron chi connectivity index (χ2n) is 5.52. The summed E-state index contributed by atoms with van der Waals surface area (Å²) in [6.45, 7) is 3.25. The van der Waals surface area contributed by atoms with Gasteiger partial charge in [0.15, 0.2) is 0 Å². The lowest BCUT2D eigenvalue weighted by Crippen LogP contribution is -2.35. The summed E-state index contributed by atoms with van der Waals surface area (Å²) in [5, 5.41) is 8.92. The van der Waals surface area contributed by atoms with Crippen LogP contribution in [-0.2, 0) is 16.4 Å². The summed E-state index contributed by atoms with van der Waals surface area (Å²) in [7, 11) is 0.584. The second-order valence-corrected chi connectivity index (χ2v) is 8.86. The Bertz CT molecular complexity index is 554. The maximum Gasteiger partial charge on any atom is 0.252 e. The van der Waals surface area contributed by atoms with Gasteiger partial charge in [0.2, 0.25) is 0 Å². The van der Waals surface area contributed by atoms with Crippen LogP contribution in [0.3, 0.4) is 0 Å². The van der Waals surface area contributed by atoms with Crippen LogP contribution in [-0.4, -0.2) is 62.6 Å². The standard InChI is InChI=1S/C13H22N2O3S2/c1-10-8-15(9-12(10)14(2)3)20(17,18)13-5-4-11(19-13)6-7-16/h4-5,10,12,16H,6-9H2,1-3H3. The van der Waals surface area contributed by atoms with Crippen LogP contribution in [0.2, 0.25) is 0 Å². The second kappa shape index (κ2) is 6.11. The molecule has 0 spiro atoms. The van der Waals surface area contributed by atoms with Crippen molar-refractivity contribution >= 4 is 21.4 Å². The van der Waals surface area contributed by atoms with E-state index in [0.29, 0.717) is 29.6 Å². The molecule has 0 amide bonds. The van der Waals surface area contributed by atoms with Crippen molar-refractivity contribution < 1.29 is 13.5 Å². The van der Waals surface area contributed by atoms with Gasteiger partial charge in [-0.05, 0) is 32.1 Å². The number of likely N-dealkylation sites (N-methyl/N-ethyl adjacent to an activating group) is 1. The molecule has 0 aliphatic carbocycles. The van der Waals surface area contributed by atoms with E-state index >= 15 is 0 Å². The van der Waals surface area contributed by atoms with Crippen molar-refractivity contribution in [1.29, 1.82) is 0 Å². The normalized spacial score (nSPS) is 24.6. The van der Waals surface area contributed by atoms with Crippen molar-refractivity contribution in [3.63, 3.8) is 0 Å². The Morgan fingerprint density at radius 2 is 2.10 bits per heavy atom. The molecule has 2 unspecified atom stereocenters. The summed E-state index contributed by atoms with van der Waals surface area (Å²) in [6, 6.07) is 3.71. The Kier molecular flexibility index (Phi) is 4.86. The summed E-state index contributed by atoms with van der Waals surface area (Å²) < 4.78 is 27.2. The van der Waals surface area contributed by atoms with E-state index in [0.717, 1.165) is 4.88 Å². The van der Waals surface area contributed by atoms with Crippen LogP contribution in [0.15, 0.2) is 16.3 Å². The van der Waals surface area contributed by atoms with E-state index in [1.807, 2.05) is 14.1 Å². The molecular formula is C13H22N2O3S2. The Balaban J connectivity index is 2.18. The molecular weight excluding hydrogens is 296 g/mol. The van der Waals surface area contributed by atoms with Crippen LogP contribution >= 0.6 is 11.3 Å². The third kappa shape index (κ3) is 3.07. The number of rotatable bonds is 5. The molecule has 20 heavy (non-hydrogen) atoms. The third-order valence-corrected chi connectivity index (χ3v) is 7.24. The van der Waals surface area contributed by atoms with E-state index in [2.05, 4.69) is 11.8 Å². The van der Waals surface area contributed by atoms with Crippen LogP contribution in [0.5, 0.6) is 0 Å². The first kappa shape index (κ1) is 15.9. The van der Waals surface area contributed by atoms with Gasteiger partial charge in [-0.15, -0.1) is 11.3 Å². The average Bonchev–Trinajstić information content (AvgIpc) is 2.96. The van der Waals surface area contributed by atoms with E-state index in [4.69, 9.17) is 5.11 Å². The molecule has 0 aromatic carbocycles.